The summed E-state index contributed by atoms with van der Waals surface area (Å²) in [4.78, 5) is 14.2. The minimum absolute atomic E-state index is 0.00553. The Hall–Kier alpha value is -1.40. The van der Waals surface area contributed by atoms with Crippen molar-refractivity contribution in [1.82, 2.24) is 0 Å². The van der Waals surface area contributed by atoms with Crippen LogP contribution >= 0.6 is 15.9 Å². The molecule has 0 unspecified atom stereocenters. The third-order valence-corrected chi connectivity index (χ3v) is 2.33. The van der Waals surface area contributed by atoms with Crippen LogP contribution in [-0.4, -0.2) is 40.2 Å². The van der Waals surface area contributed by atoms with Crippen molar-refractivity contribution in [2.24, 2.45) is 4.99 Å². The maximum atomic E-state index is 10.6. The maximum absolute atomic E-state index is 10.6. The van der Waals surface area contributed by atoms with Crippen LogP contribution in [0.5, 0.6) is 5.75 Å². The molecule has 0 radical (unpaired) electrons. The third-order valence-electron chi connectivity index (χ3n) is 1.84. The molecule has 5 nitrogen and oxygen atoms in total. The van der Waals surface area contributed by atoms with Crippen LogP contribution in [0.3, 0.4) is 0 Å². The number of nitrogens with zero attached hydrogens (tertiary/aromatic N) is 1. The van der Waals surface area contributed by atoms with E-state index < -0.39 is 18.6 Å². The second-order valence-corrected chi connectivity index (χ2v) is 3.93. The molecular formula is C10H10BrNO4. The van der Waals surface area contributed by atoms with Gasteiger partial charge in [-0.3, -0.25) is 4.99 Å². The van der Waals surface area contributed by atoms with Gasteiger partial charge in [0.25, 0.3) is 0 Å². The molecule has 16 heavy (non-hydrogen) atoms. The topological polar surface area (TPSA) is 90.1 Å². The molecule has 1 aromatic carbocycles. The molecule has 0 aromatic heterocycles. The number of aliphatic hydroxyl groups is 1. The Bertz CT molecular complexity index is 419. The summed E-state index contributed by atoms with van der Waals surface area (Å²) >= 11 is 3.21. The molecule has 0 amide bonds. The molecule has 86 valence electrons. The Morgan fingerprint density at radius 1 is 1.56 bits per heavy atom. The molecule has 0 aliphatic rings. The number of phenols is 1. The Labute approximate surface area is 100 Å². The summed E-state index contributed by atoms with van der Waals surface area (Å²) in [6.45, 7) is -0.583. The summed E-state index contributed by atoms with van der Waals surface area (Å²) in [6, 6.07) is 3.49. The zero-order valence-electron chi connectivity index (χ0n) is 8.17. The van der Waals surface area contributed by atoms with Crippen molar-refractivity contribution in [3.8, 4) is 5.75 Å². The quantitative estimate of drug-likeness (QED) is 0.721. The third kappa shape index (κ3) is 3.32. The van der Waals surface area contributed by atoms with Gasteiger partial charge in [-0.15, -0.1) is 0 Å². The number of rotatable bonds is 4. The maximum Gasteiger partial charge on any atom is 0.330 e. The average Bonchev–Trinajstić information content (AvgIpc) is 2.23. The number of carboxylic acid groups (broad SMARTS) is 1. The van der Waals surface area contributed by atoms with Gasteiger partial charge >= 0.3 is 5.97 Å². The van der Waals surface area contributed by atoms with Crippen molar-refractivity contribution in [2.75, 3.05) is 6.61 Å². The van der Waals surface area contributed by atoms with E-state index in [9.17, 15) is 9.90 Å². The first-order chi connectivity index (χ1) is 7.54. The summed E-state index contributed by atoms with van der Waals surface area (Å²) < 4.78 is 0.739. The Morgan fingerprint density at radius 3 is 2.81 bits per heavy atom. The molecule has 0 aliphatic carbocycles. The second-order valence-electron chi connectivity index (χ2n) is 3.02. The molecule has 0 bridgehead atoms. The van der Waals surface area contributed by atoms with Gasteiger partial charge in [0.05, 0.1) is 6.61 Å². The minimum atomic E-state index is -1.21. The van der Waals surface area contributed by atoms with Gasteiger partial charge in [0.1, 0.15) is 5.75 Å². The van der Waals surface area contributed by atoms with E-state index in [1.807, 2.05) is 0 Å². The predicted molar refractivity (Wildman–Crippen MR) is 61.9 cm³/mol. The molecule has 1 rings (SSSR count). The van der Waals surface area contributed by atoms with Gasteiger partial charge in [-0.05, 0) is 18.2 Å². The van der Waals surface area contributed by atoms with Gasteiger partial charge in [-0.25, -0.2) is 4.79 Å². The van der Waals surface area contributed by atoms with E-state index in [0.29, 0.717) is 5.56 Å². The lowest BCUT2D eigenvalue weighted by molar-refractivity contribution is -0.139. The molecule has 0 saturated heterocycles. The van der Waals surface area contributed by atoms with Crippen molar-refractivity contribution in [1.29, 1.82) is 0 Å². The number of aromatic hydroxyl groups is 1. The lowest BCUT2D eigenvalue weighted by Crippen LogP contribution is -2.22. The summed E-state index contributed by atoms with van der Waals surface area (Å²) in [6.07, 6.45) is 1.22. The summed E-state index contributed by atoms with van der Waals surface area (Å²) in [7, 11) is 0. The van der Waals surface area contributed by atoms with Crippen LogP contribution in [0.1, 0.15) is 5.56 Å². The summed E-state index contributed by atoms with van der Waals surface area (Å²) in [5.74, 6) is -1.22. The van der Waals surface area contributed by atoms with Gasteiger partial charge in [-0.1, -0.05) is 15.9 Å². The van der Waals surface area contributed by atoms with Crippen LogP contribution in [0.15, 0.2) is 27.7 Å². The lowest BCUT2D eigenvalue weighted by Gasteiger charge is -2.03. The van der Waals surface area contributed by atoms with Crippen molar-refractivity contribution in [2.45, 2.75) is 6.04 Å². The number of phenolic OH excluding ortho intramolecular Hbond substituents is 1. The SMILES string of the molecule is O=C(O)[C@H](CO)N=Cc1cc(Br)ccc1O. The standard InChI is InChI=1S/C10H10BrNO4/c11-7-1-2-9(14)6(3-7)4-12-8(5-13)10(15)16/h1-4,8,13-14H,5H2,(H,15,16)/t8-/m0/s1. The molecule has 0 fully saturated rings. The number of hydrogen-bond donors (Lipinski definition) is 3. The smallest absolute Gasteiger partial charge is 0.330 e. The van der Waals surface area contributed by atoms with E-state index >= 15 is 0 Å². The highest BCUT2D eigenvalue weighted by atomic mass is 79.9. The zero-order valence-corrected chi connectivity index (χ0v) is 9.75. The molecule has 0 heterocycles. The lowest BCUT2D eigenvalue weighted by atomic mass is 10.2. The Kier molecular flexibility index (Phi) is 4.45. The van der Waals surface area contributed by atoms with Crippen LogP contribution < -0.4 is 0 Å². The van der Waals surface area contributed by atoms with Crippen LogP contribution in [0.2, 0.25) is 0 Å². The van der Waals surface area contributed by atoms with Gasteiger partial charge in [0.15, 0.2) is 6.04 Å². The van der Waals surface area contributed by atoms with Crippen molar-refractivity contribution >= 4 is 28.1 Å². The molecule has 3 N–H and O–H groups in total. The number of halogens is 1. The van der Waals surface area contributed by atoms with Crippen molar-refractivity contribution in [3.63, 3.8) is 0 Å². The Morgan fingerprint density at radius 2 is 2.25 bits per heavy atom. The highest BCUT2D eigenvalue weighted by Gasteiger charge is 2.13. The van der Waals surface area contributed by atoms with E-state index in [2.05, 4.69) is 20.9 Å². The number of carboxylic acids is 1. The number of benzene rings is 1. The first-order valence-electron chi connectivity index (χ1n) is 4.40. The summed E-state index contributed by atoms with van der Waals surface area (Å²) in [5.41, 5.74) is 0.383. The van der Waals surface area contributed by atoms with E-state index in [1.165, 1.54) is 12.3 Å². The largest absolute Gasteiger partial charge is 0.507 e. The van der Waals surface area contributed by atoms with E-state index in [4.69, 9.17) is 10.2 Å². The van der Waals surface area contributed by atoms with Crippen LogP contribution in [-0.2, 0) is 4.79 Å². The first-order valence-corrected chi connectivity index (χ1v) is 5.19. The van der Waals surface area contributed by atoms with Gasteiger partial charge < -0.3 is 15.3 Å². The molecule has 0 spiro atoms. The van der Waals surface area contributed by atoms with Crippen LogP contribution in [0, 0.1) is 0 Å². The number of aliphatic hydroxyl groups excluding tert-OH is 1. The fourth-order valence-electron chi connectivity index (χ4n) is 0.988. The predicted octanol–water partition coefficient (Wildman–Crippen LogP) is 1.02. The number of aliphatic imine (C=N–C) groups is 1. The zero-order chi connectivity index (χ0) is 12.1. The number of hydrogen-bond acceptors (Lipinski definition) is 4. The monoisotopic (exact) mass is 287 g/mol. The molecule has 1 aromatic rings. The molecule has 1 atom stereocenters. The van der Waals surface area contributed by atoms with Gasteiger partial charge in [0.2, 0.25) is 0 Å². The normalized spacial score (nSPS) is 12.9. The second kappa shape index (κ2) is 5.62. The average molecular weight is 288 g/mol. The summed E-state index contributed by atoms with van der Waals surface area (Å²) in [5, 5.41) is 26.8. The fourth-order valence-corrected chi connectivity index (χ4v) is 1.37. The minimum Gasteiger partial charge on any atom is -0.507 e. The molecule has 0 saturated carbocycles. The van der Waals surface area contributed by atoms with Gasteiger partial charge in [-0.2, -0.15) is 0 Å². The Balaban J connectivity index is 2.90. The van der Waals surface area contributed by atoms with E-state index in [0.717, 1.165) is 4.47 Å². The number of carbonyl (C=O) groups is 1. The molecule has 6 heteroatoms. The molecule has 0 aliphatic heterocycles. The van der Waals surface area contributed by atoms with E-state index in [1.54, 1.807) is 12.1 Å². The fraction of sp³-hybridized carbons (Fsp3) is 0.200. The highest BCUT2D eigenvalue weighted by Crippen LogP contribution is 2.20. The van der Waals surface area contributed by atoms with Crippen molar-refractivity contribution in [3.05, 3.63) is 28.2 Å². The molecular weight excluding hydrogens is 278 g/mol. The van der Waals surface area contributed by atoms with Crippen LogP contribution in [0.4, 0.5) is 0 Å². The van der Waals surface area contributed by atoms with E-state index in [-0.39, 0.29) is 5.75 Å². The first kappa shape index (κ1) is 12.7. The highest BCUT2D eigenvalue weighted by molar-refractivity contribution is 9.10. The van der Waals surface area contributed by atoms with Crippen LogP contribution in [0.25, 0.3) is 0 Å². The van der Waals surface area contributed by atoms with Crippen molar-refractivity contribution < 1.29 is 20.1 Å². The van der Waals surface area contributed by atoms with Gasteiger partial charge in [0, 0.05) is 16.3 Å². The number of aliphatic carboxylic acids is 1.